The largest absolute Gasteiger partial charge is 0.298 e. The van der Waals surface area contributed by atoms with Gasteiger partial charge in [0.2, 0.25) is 0 Å². The predicted octanol–water partition coefficient (Wildman–Crippen LogP) is 8.53. The number of hydrogen-bond acceptors (Lipinski definition) is 1. The first-order valence-electron chi connectivity index (χ1n) is 8.24. The Morgan fingerprint density at radius 3 is 1.68 bits per heavy atom. The third-order valence-corrected chi connectivity index (χ3v) is 4.65. The van der Waals surface area contributed by atoms with Crippen LogP contribution in [0, 0.1) is 0 Å². The Hall–Kier alpha value is -2.03. The molecule has 0 aromatic heterocycles. The molecule has 0 unspecified atom stereocenters. The third-order valence-electron chi connectivity index (χ3n) is 3.53. The van der Waals surface area contributed by atoms with E-state index in [1.807, 2.05) is 54.6 Å². The number of rotatable bonds is 4. The molecular formula is C23H16Cl4O. The van der Waals surface area contributed by atoms with E-state index in [0.717, 1.165) is 5.56 Å². The van der Waals surface area contributed by atoms with Crippen LogP contribution in [-0.2, 0) is 0 Å². The van der Waals surface area contributed by atoms with Gasteiger partial charge in [0.25, 0.3) is 0 Å². The van der Waals surface area contributed by atoms with Crippen molar-refractivity contribution in [3.63, 3.8) is 0 Å². The lowest BCUT2D eigenvalue weighted by Crippen LogP contribution is -1.79. The van der Waals surface area contributed by atoms with Crippen molar-refractivity contribution >= 4 is 64.8 Å². The second-order valence-electron chi connectivity index (χ2n) is 5.58. The summed E-state index contributed by atoms with van der Waals surface area (Å²) in [5, 5.41) is 2.24. The molecule has 3 rings (SSSR count). The molecule has 3 aromatic rings. The molecule has 142 valence electrons. The van der Waals surface area contributed by atoms with E-state index in [2.05, 4.69) is 12.1 Å². The number of halogens is 4. The second-order valence-corrected chi connectivity index (χ2v) is 7.27. The van der Waals surface area contributed by atoms with Gasteiger partial charge >= 0.3 is 0 Å². The summed E-state index contributed by atoms with van der Waals surface area (Å²) in [6, 6.07) is 20.3. The van der Waals surface area contributed by atoms with Crippen molar-refractivity contribution in [2.24, 2.45) is 0 Å². The van der Waals surface area contributed by atoms with Gasteiger partial charge in [-0.05, 0) is 41.5 Å². The van der Waals surface area contributed by atoms with Crippen molar-refractivity contribution in [1.29, 1.82) is 0 Å². The lowest BCUT2D eigenvalue weighted by atomic mass is 10.2. The van der Waals surface area contributed by atoms with Crippen LogP contribution in [0.3, 0.4) is 0 Å². The van der Waals surface area contributed by atoms with E-state index in [0.29, 0.717) is 31.9 Å². The molecule has 0 aliphatic carbocycles. The fourth-order valence-corrected chi connectivity index (χ4v) is 3.05. The van der Waals surface area contributed by atoms with E-state index >= 15 is 0 Å². The first kappa shape index (κ1) is 22.3. The Bertz CT molecular complexity index is 979. The van der Waals surface area contributed by atoms with Crippen LogP contribution in [0.1, 0.15) is 21.5 Å². The van der Waals surface area contributed by atoms with E-state index in [9.17, 15) is 4.79 Å². The molecule has 0 atom stereocenters. The molecule has 0 aliphatic heterocycles. The van der Waals surface area contributed by atoms with Gasteiger partial charge in [-0.15, -0.1) is 0 Å². The summed E-state index contributed by atoms with van der Waals surface area (Å²) in [6.45, 7) is 0. The molecule has 0 fully saturated rings. The molecular weight excluding hydrogens is 434 g/mol. The highest BCUT2D eigenvalue weighted by atomic mass is 35.5. The van der Waals surface area contributed by atoms with Crippen molar-refractivity contribution < 1.29 is 4.79 Å². The van der Waals surface area contributed by atoms with Crippen molar-refractivity contribution in [3.8, 4) is 0 Å². The molecule has 0 radical (unpaired) electrons. The van der Waals surface area contributed by atoms with Crippen molar-refractivity contribution in [1.82, 2.24) is 0 Å². The van der Waals surface area contributed by atoms with Gasteiger partial charge in [0, 0.05) is 20.6 Å². The second kappa shape index (κ2) is 11.7. The average Bonchev–Trinajstić information content (AvgIpc) is 2.68. The summed E-state index contributed by atoms with van der Waals surface area (Å²) in [5.41, 5.74) is 2.59. The molecule has 0 heterocycles. The molecule has 3 aromatic carbocycles. The van der Waals surface area contributed by atoms with Crippen LogP contribution < -0.4 is 0 Å². The smallest absolute Gasteiger partial charge is 0.151 e. The highest BCUT2D eigenvalue weighted by Gasteiger charge is 1.97. The SMILES string of the molecule is Clc1ccc(/C=C/C=C/c2ccccc2)c(Cl)c1.O=Cc1ccc(Cl)cc1Cl. The van der Waals surface area contributed by atoms with E-state index < -0.39 is 0 Å². The normalized spacial score (nSPS) is 10.7. The van der Waals surface area contributed by atoms with Gasteiger partial charge in [0.1, 0.15) is 0 Å². The minimum atomic E-state index is 0.391. The van der Waals surface area contributed by atoms with Gasteiger partial charge in [0.05, 0.1) is 5.02 Å². The maximum Gasteiger partial charge on any atom is 0.151 e. The van der Waals surface area contributed by atoms with Gasteiger partial charge in [-0.3, -0.25) is 4.79 Å². The van der Waals surface area contributed by atoms with Crippen LogP contribution >= 0.6 is 46.4 Å². The average molecular weight is 450 g/mol. The summed E-state index contributed by atoms with van der Waals surface area (Å²) in [6.07, 6.45) is 8.64. The fraction of sp³-hybridized carbons (Fsp3) is 0. The zero-order valence-electron chi connectivity index (χ0n) is 14.7. The summed E-state index contributed by atoms with van der Waals surface area (Å²) < 4.78 is 0. The number of allylic oxidation sites excluding steroid dienone is 2. The third kappa shape index (κ3) is 7.53. The number of aldehydes is 1. The van der Waals surface area contributed by atoms with Crippen LogP contribution in [-0.4, -0.2) is 6.29 Å². The molecule has 0 amide bonds. The van der Waals surface area contributed by atoms with Crippen molar-refractivity contribution in [3.05, 3.63) is 116 Å². The van der Waals surface area contributed by atoms with Gasteiger partial charge in [0.15, 0.2) is 6.29 Å². The standard InChI is InChI=1S/C16H12Cl2.C7H4Cl2O/c17-15-11-10-14(16(18)12-15)9-5-4-8-13-6-2-1-3-7-13;8-6-2-1-5(4-10)7(9)3-6/h1-12H;1-4H/b8-4+,9-5+;. The molecule has 0 bridgehead atoms. The number of hydrogen-bond donors (Lipinski definition) is 0. The predicted molar refractivity (Wildman–Crippen MR) is 123 cm³/mol. The monoisotopic (exact) mass is 448 g/mol. The maximum atomic E-state index is 10.2. The lowest BCUT2D eigenvalue weighted by Gasteiger charge is -1.97. The van der Waals surface area contributed by atoms with Crippen LogP contribution in [0.25, 0.3) is 12.2 Å². The zero-order valence-corrected chi connectivity index (χ0v) is 17.7. The van der Waals surface area contributed by atoms with Crippen LogP contribution in [0.15, 0.2) is 78.9 Å². The highest BCUT2D eigenvalue weighted by molar-refractivity contribution is 6.36. The summed E-state index contributed by atoms with van der Waals surface area (Å²) in [7, 11) is 0. The van der Waals surface area contributed by atoms with E-state index in [4.69, 9.17) is 46.4 Å². The molecule has 0 spiro atoms. The number of benzene rings is 3. The van der Waals surface area contributed by atoms with Crippen LogP contribution in [0.5, 0.6) is 0 Å². The molecule has 0 N–H and O–H groups in total. The van der Waals surface area contributed by atoms with Crippen molar-refractivity contribution in [2.45, 2.75) is 0 Å². The summed E-state index contributed by atoms with van der Waals surface area (Å²) in [4.78, 5) is 10.2. The zero-order chi connectivity index (χ0) is 20.4. The Balaban J connectivity index is 0.000000237. The Kier molecular flexibility index (Phi) is 9.33. The molecule has 0 saturated heterocycles. The van der Waals surface area contributed by atoms with E-state index in [1.165, 1.54) is 11.6 Å². The summed E-state index contributed by atoms with van der Waals surface area (Å²) >= 11 is 23.1. The number of carbonyl (C=O) groups is 1. The Morgan fingerprint density at radius 1 is 0.607 bits per heavy atom. The van der Waals surface area contributed by atoms with Crippen LogP contribution in [0.2, 0.25) is 20.1 Å². The van der Waals surface area contributed by atoms with Gasteiger partial charge in [-0.25, -0.2) is 0 Å². The highest BCUT2D eigenvalue weighted by Crippen LogP contribution is 2.22. The maximum absolute atomic E-state index is 10.2. The van der Waals surface area contributed by atoms with Crippen molar-refractivity contribution in [2.75, 3.05) is 0 Å². The van der Waals surface area contributed by atoms with E-state index in [1.54, 1.807) is 18.2 Å². The van der Waals surface area contributed by atoms with Gasteiger partial charge in [-0.1, -0.05) is 107 Å². The Morgan fingerprint density at radius 2 is 1.14 bits per heavy atom. The first-order chi connectivity index (χ1) is 13.5. The number of carbonyl (C=O) groups excluding carboxylic acids is 1. The fourth-order valence-electron chi connectivity index (χ4n) is 2.12. The van der Waals surface area contributed by atoms with Gasteiger partial charge in [-0.2, -0.15) is 0 Å². The minimum absolute atomic E-state index is 0.391. The summed E-state index contributed by atoms with van der Waals surface area (Å²) in [5.74, 6) is 0. The molecule has 1 nitrogen and oxygen atoms in total. The van der Waals surface area contributed by atoms with E-state index in [-0.39, 0.29) is 0 Å². The molecule has 0 aliphatic rings. The lowest BCUT2D eigenvalue weighted by molar-refractivity contribution is 0.112. The van der Waals surface area contributed by atoms with Crippen LogP contribution in [0.4, 0.5) is 0 Å². The Labute approximate surface area is 184 Å². The topological polar surface area (TPSA) is 17.1 Å². The minimum Gasteiger partial charge on any atom is -0.298 e. The molecule has 28 heavy (non-hydrogen) atoms. The molecule has 0 saturated carbocycles. The molecule has 5 heteroatoms. The quantitative estimate of drug-likeness (QED) is 0.288. The first-order valence-corrected chi connectivity index (χ1v) is 9.76. The van der Waals surface area contributed by atoms with Gasteiger partial charge < -0.3 is 0 Å².